The second-order valence-electron chi connectivity index (χ2n) is 6.01. The summed E-state index contributed by atoms with van der Waals surface area (Å²) in [6, 6.07) is 10.9. The van der Waals surface area contributed by atoms with E-state index in [0.29, 0.717) is 5.69 Å². The lowest BCUT2D eigenvalue weighted by Crippen LogP contribution is -2.16. The lowest BCUT2D eigenvalue weighted by molar-refractivity contribution is 0.174. The molecule has 6 nitrogen and oxygen atoms in total. The number of ether oxygens (including phenoxy) is 2. The van der Waals surface area contributed by atoms with Crippen molar-refractivity contribution in [1.29, 1.82) is 0 Å². The summed E-state index contributed by atoms with van der Waals surface area (Å²) in [6.45, 7) is 0.234. The Morgan fingerprint density at radius 2 is 2.00 bits per heavy atom. The molecule has 27 heavy (non-hydrogen) atoms. The summed E-state index contributed by atoms with van der Waals surface area (Å²) in [4.78, 5) is 14.0. The Morgan fingerprint density at radius 1 is 1.11 bits per heavy atom. The van der Waals surface area contributed by atoms with E-state index >= 15 is 0 Å². The van der Waals surface area contributed by atoms with Crippen LogP contribution in [0.1, 0.15) is 17.4 Å². The molecule has 5 rings (SSSR count). The van der Waals surface area contributed by atoms with E-state index in [9.17, 15) is 0 Å². The van der Waals surface area contributed by atoms with Gasteiger partial charge in [-0.05, 0) is 41.4 Å². The highest BCUT2D eigenvalue weighted by Crippen LogP contribution is 2.41. The van der Waals surface area contributed by atoms with Gasteiger partial charge in [-0.2, -0.15) is 0 Å². The number of rotatable bonds is 3. The van der Waals surface area contributed by atoms with Crippen LogP contribution in [-0.4, -0.2) is 21.7 Å². The summed E-state index contributed by atoms with van der Waals surface area (Å²) in [6.07, 6.45) is 1.71. The maximum atomic E-state index is 6.50. The molecule has 0 spiro atoms. The summed E-state index contributed by atoms with van der Waals surface area (Å²) < 4.78 is 10.9. The molecule has 8 heteroatoms. The van der Waals surface area contributed by atoms with Gasteiger partial charge in [-0.1, -0.05) is 12.1 Å². The van der Waals surface area contributed by atoms with E-state index in [2.05, 4.69) is 15.0 Å². The highest BCUT2D eigenvalue weighted by Gasteiger charge is 2.22. The number of aromatic nitrogens is 3. The van der Waals surface area contributed by atoms with Gasteiger partial charge in [-0.25, -0.2) is 9.97 Å². The predicted octanol–water partition coefficient (Wildman–Crippen LogP) is 4.18. The summed E-state index contributed by atoms with van der Waals surface area (Å²) in [5.74, 6) is 1.46. The molecular formula is C19H13ClN4O2S. The van der Waals surface area contributed by atoms with E-state index in [0.717, 1.165) is 38.5 Å². The van der Waals surface area contributed by atoms with Crippen LogP contribution in [0.2, 0.25) is 5.28 Å². The van der Waals surface area contributed by atoms with Gasteiger partial charge in [-0.15, -0.1) is 11.3 Å². The van der Waals surface area contributed by atoms with Crippen LogP contribution >= 0.6 is 22.9 Å². The second kappa shape index (κ2) is 6.45. The number of halogens is 1. The zero-order valence-electron chi connectivity index (χ0n) is 13.9. The fraction of sp³-hybridized carbons (Fsp3) is 0.105. The lowest BCUT2D eigenvalue weighted by atomic mass is 10.0. The molecule has 1 aliphatic heterocycles. The third kappa shape index (κ3) is 2.80. The second-order valence-corrected chi connectivity index (χ2v) is 7.20. The first kappa shape index (κ1) is 16.4. The number of benzene rings is 1. The van der Waals surface area contributed by atoms with Crippen LogP contribution in [-0.2, 0) is 0 Å². The van der Waals surface area contributed by atoms with Gasteiger partial charge in [0.25, 0.3) is 0 Å². The molecule has 1 unspecified atom stereocenters. The smallest absolute Gasteiger partial charge is 0.231 e. The number of thiophene rings is 1. The summed E-state index contributed by atoms with van der Waals surface area (Å²) in [5.41, 5.74) is 9.82. The molecule has 1 aliphatic rings. The highest BCUT2D eigenvalue weighted by atomic mass is 35.5. The van der Waals surface area contributed by atoms with Crippen molar-refractivity contribution >= 4 is 33.2 Å². The van der Waals surface area contributed by atoms with Gasteiger partial charge in [0.15, 0.2) is 11.5 Å². The average Bonchev–Trinajstić information content (AvgIpc) is 3.33. The molecule has 4 aromatic rings. The van der Waals surface area contributed by atoms with Crippen molar-refractivity contribution in [3.8, 4) is 22.6 Å². The first-order valence-corrected chi connectivity index (χ1v) is 9.47. The molecule has 0 aliphatic carbocycles. The zero-order chi connectivity index (χ0) is 18.4. The molecule has 1 aromatic carbocycles. The Labute approximate surface area is 163 Å². The summed E-state index contributed by atoms with van der Waals surface area (Å²) in [7, 11) is 0. The molecule has 1 atom stereocenters. The monoisotopic (exact) mass is 396 g/mol. The fourth-order valence-corrected chi connectivity index (χ4v) is 4.32. The van der Waals surface area contributed by atoms with E-state index in [-0.39, 0.29) is 12.1 Å². The van der Waals surface area contributed by atoms with Crippen LogP contribution in [0.4, 0.5) is 0 Å². The van der Waals surface area contributed by atoms with E-state index in [1.54, 1.807) is 6.20 Å². The standard InChI is InChI=1S/C19H13ClN4O2S/c20-19-23-17(16(21)12-3-1-2-6-22-12)15-11(8-27-18(15)24-19)10-4-5-13-14(7-10)26-9-25-13/h1-8,16H,9,21H2. The SMILES string of the molecule is NC(c1ccccn1)c1nc(Cl)nc2scc(-c3ccc4c(c3)OCO4)c12. The van der Waals surface area contributed by atoms with Crippen molar-refractivity contribution in [2.75, 3.05) is 6.79 Å². The van der Waals surface area contributed by atoms with Crippen LogP contribution in [0.3, 0.4) is 0 Å². The van der Waals surface area contributed by atoms with Crippen molar-refractivity contribution in [2.45, 2.75) is 6.04 Å². The Bertz CT molecular complexity index is 1150. The minimum absolute atomic E-state index is 0.169. The number of fused-ring (bicyclic) bond motifs is 2. The van der Waals surface area contributed by atoms with Crippen molar-refractivity contribution in [3.05, 3.63) is 64.6 Å². The minimum atomic E-state index is -0.517. The normalized spacial score (nSPS) is 13.9. The molecule has 0 radical (unpaired) electrons. The van der Waals surface area contributed by atoms with Crippen molar-refractivity contribution in [1.82, 2.24) is 15.0 Å². The van der Waals surface area contributed by atoms with E-state index < -0.39 is 6.04 Å². The first-order chi connectivity index (χ1) is 13.2. The Morgan fingerprint density at radius 3 is 2.85 bits per heavy atom. The van der Waals surface area contributed by atoms with Crippen molar-refractivity contribution in [3.63, 3.8) is 0 Å². The number of pyridine rings is 1. The van der Waals surface area contributed by atoms with E-state index in [1.807, 2.05) is 41.8 Å². The van der Waals surface area contributed by atoms with Crippen LogP contribution in [0.15, 0.2) is 48.0 Å². The van der Waals surface area contributed by atoms with Gasteiger partial charge < -0.3 is 15.2 Å². The van der Waals surface area contributed by atoms with Crippen LogP contribution < -0.4 is 15.2 Å². The number of nitrogens with zero attached hydrogens (tertiary/aromatic N) is 3. The van der Waals surface area contributed by atoms with Gasteiger partial charge in [0.05, 0.1) is 17.4 Å². The molecule has 0 saturated carbocycles. The number of hydrogen-bond acceptors (Lipinski definition) is 7. The first-order valence-electron chi connectivity index (χ1n) is 8.22. The molecule has 134 valence electrons. The molecule has 0 fully saturated rings. The third-order valence-electron chi connectivity index (χ3n) is 4.42. The highest BCUT2D eigenvalue weighted by molar-refractivity contribution is 7.17. The van der Waals surface area contributed by atoms with Gasteiger partial charge in [0.1, 0.15) is 4.83 Å². The average molecular weight is 397 g/mol. The maximum Gasteiger partial charge on any atom is 0.231 e. The van der Waals surface area contributed by atoms with Gasteiger partial charge >= 0.3 is 0 Å². The fourth-order valence-electron chi connectivity index (χ4n) is 3.14. The molecule has 3 aromatic heterocycles. The summed E-state index contributed by atoms with van der Waals surface area (Å²) in [5, 5.41) is 3.08. The van der Waals surface area contributed by atoms with E-state index in [4.69, 9.17) is 26.8 Å². The topological polar surface area (TPSA) is 83.2 Å². The molecular weight excluding hydrogens is 384 g/mol. The van der Waals surface area contributed by atoms with Gasteiger partial charge in [0.2, 0.25) is 12.1 Å². The zero-order valence-corrected chi connectivity index (χ0v) is 15.5. The van der Waals surface area contributed by atoms with Crippen LogP contribution in [0.25, 0.3) is 21.3 Å². The Hall–Kier alpha value is -2.74. The van der Waals surface area contributed by atoms with E-state index in [1.165, 1.54) is 11.3 Å². The number of nitrogens with two attached hydrogens (primary N) is 1. The molecule has 0 amide bonds. The lowest BCUT2D eigenvalue weighted by Gasteiger charge is -2.13. The quantitative estimate of drug-likeness (QED) is 0.523. The molecule has 2 N–H and O–H groups in total. The Kier molecular flexibility index (Phi) is 3.93. The minimum Gasteiger partial charge on any atom is -0.454 e. The van der Waals surface area contributed by atoms with Gasteiger partial charge in [-0.3, -0.25) is 4.98 Å². The van der Waals surface area contributed by atoms with Crippen LogP contribution in [0.5, 0.6) is 11.5 Å². The molecule has 0 saturated heterocycles. The van der Waals surface area contributed by atoms with Crippen molar-refractivity contribution in [2.24, 2.45) is 5.73 Å². The molecule has 0 bridgehead atoms. The summed E-state index contributed by atoms with van der Waals surface area (Å²) >= 11 is 7.66. The van der Waals surface area contributed by atoms with Crippen LogP contribution in [0, 0.1) is 0 Å². The predicted molar refractivity (Wildman–Crippen MR) is 104 cm³/mol. The number of hydrogen-bond donors (Lipinski definition) is 1. The largest absolute Gasteiger partial charge is 0.454 e. The maximum absolute atomic E-state index is 6.50. The third-order valence-corrected chi connectivity index (χ3v) is 5.46. The Balaban J connectivity index is 1.71. The van der Waals surface area contributed by atoms with Gasteiger partial charge in [0, 0.05) is 22.5 Å². The molecule has 4 heterocycles. The van der Waals surface area contributed by atoms with Crippen molar-refractivity contribution < 1.29 is 9.47 Å².